The van der Waals surface area contributed by atoms with Crippen LogP contribution in [0.4, 0.5) is 0 Å². The minimum Gasteiger partial charge on any atom is -0.459 e. The topological polar surface area (TPSA) is 52.3 Å². The molecule has 0 amide bonds. The Labute approximate surface area is 119 Å². The van der Waals surface area contributed by atoms with Crippen molar-refractivity contribution in [2.45, 2.75) is 44.8 Å². The van der Waals surface area contributed by atoms with E-state index in [-0.39, 0.29) is 18.5 Å². The lowest BCUT2D eigenvalue weighted by molar-refractivity contribution is -0.155. The molecule has 1 aromatic rings. The average Bonchev–Trinajstić information content (AvgIpc) is 2.41. The lowest BCUT2D eigenvalue weighted by Crippen LogP contribution is -2.55. The standard InChI is InChI=1S/C15H20ClNO2/c1-11-4-2-3-9-15(11,17)14(18)19-10-12-5-7-13(16)8-6-12/h5-8,11H,2-4,9-10,17H2,1H3. The van der Waals surface area contributed by atoms with Gasteiger partial charge in [0.2, 0.25) is 0 Å². The van der Waals surface area contributed by atoms with Crippen molar-refractivity contribution in [2.24, 2.45) is 11.7 Å². The van der Waals surface area contributed by atoms with Crippen LogP contribution in [0.1, 0.15) is 38.2 Å². The first-order chi connectivity index (χ1) is 9.02. The molecule has 19 heavy (non-hydrogen) atoms. The van der Waals surface area contributed by atoms with Crippen molar-refractivity contribution in [1.29, 1.82) is 0 Å². The Morgan fingerprint density at radius 3 is 2.74 bits per heavy atom. The number of nitrogens with two attached hydrogens (primary N) is 1. The predicted molar refractivity (Wildman–Crippen MR) is 75.8 cm³/mol. The van der Waals surface area contributed by atoms with Crippen LogP contribution in [0.5, 0.6) is 0 Å². The summed E-state index contributed by atoms with van der Waals surface area (Å²) in [6.07, 6.45) is 3.85. The molecule has 1 aromatic carbocycles. The van der Waals surface area contributed by atoms with Crippen LogP contribution in [0.3, 0.4) is 0 Å². The third-order valence-electron chi connectivity index (χ3n) is 4.02. The molecule has 0 aliphatic heterocycles. The van der Waals surface area contributed by atoms with Crippen LogP contribution in [0.25, 0.3) is 0 Å². The van der Waals surface area contributed by atoms with Crippen molar-refractivity contribution in [1.82, 2.24) is 0 Å². The molecule has 2 N–H and O–H groups in total. The van der Waals surface area contributed by atoms with Gasteiger partial charge in [0.15, 0.2) is 0 Å². The molecule has 104 valence electrons. The smallest absolute Gasteiger partial charge is 0.326 e. The maximum atomic E-state index is 12.2. The minimum atomic E-state index is -0.815. The van der Waals surface area contributed by atoms with Gasteiger partial charge in [-0.05, 0) is 36.5 Å². The lowest BCUT2D eigenvalue weighted by Gasteiger charge is -2.36. The van der Waals surface area contributed by atoms with Crippen LogP contribution in [-0.4, -0.2) is 11.5 Å². The number of esters is 1. The molecule has 2 atom stereocenters. The zero-order chi connectivity index (χ0) is 13.9. The highest BCUT2D eigenvalue weighted by molar-refractivity contribution is 6.30. The zero-order valence-corrected chi connectivity index (χ0v) is 12.0. The second-order valence-corrected chi connectivity index (χ2v) is 5.83. The van der Waals surface area contributed by atoms with Crippen molar-refractivity contribution in [3.63, 3.8) is 0 Å². The summed E-state index contributed by atoms with van der Waals surface area (Å²) in [4.78, 5) is 12.2. The van der Waals surface area contributed by atoms with Crippen LogP contribution >= 0.6 is 11.6 Å². The molecule has 0 spiro atoms. The monoisotopic (exact) mass is 281 g/mol. The Kier molecular flexibility index (Phi) is 4.48. The second-order valence-electron chi connectivity index (χ2n) is 5.39. The Bertz CT molecular complexity index is 446. The van der Waals surface area contributed by atoms with E-state index in [0.717, 1.165) is 24.8 Å². The van der Waals surface area contributed by atoms with Gasteiger partial charge in [-0.2, -0.15) is 0 Å². The number of carbonyl (C=O) groups is 1. The van der Waals surface area contributed by atoms with E-state index in [1.165, 1.54) is 0 Å². The zero-order valence-electron chi connectivity index (χ0n) is 11.2. The van der Waals surface area contributed by atoms with Gasteiger partial charge in [0.25, 0.3) is 0 Å². The quantitative estimate of drug-likeness (QED) is 0.865. The Balaban J connectivity index is 1.95. The molecule has 1 aliphatic carbocycles. The number of hydrogen-bond donors (Lipinski definition) is 1. The summed E-state index contributed by atoms with van der Waals surface area (Å²) in [5.41, 5.74) is 6.35. The Hall–Kier alpha value is -1.06. The van der Waals surface area contributed by atoms with Gasteiger partial charge in [0.05, 0.1) is 0 Å². The van der Waals surface area contributed by atoms with Crippen LogP contribution in [-0.2, 0) is 16.1 Å². The molecular weight excluding hydrogens is 262 g/mol. The van der Waals surface area contributed by atoms with E-state index in [0.29, 0.717) is 11.4 Å². The van der Waals surface area contributed by atoms with Crippen LogP contribution in [0.15, 0.2) is 24.3 Å². The number of halogens is 1. The molecule has 2 rings (SSSR count). The SMILES string of the molecule is CC1CCCCC1(N)C(=O)OCc1ccc(Cl)cc1. The first-order valence-electron chi connectivity index (χ1n) is 6.73. The molecule has 2 unspecified atom stereocenters. The number of rotatable bonds is 3. The van der Waals surface area contributed by atoms with E-state index in [4.69, 9.17) is 22.1 Å². The van der Waals surface area contributed by atoms with Gasteiger partial charge in [0.1, 0.15) is 12.1 Å². The number of ether oxygens (including phenoxy) is 1. The summed E-state index contributed by atoms with van der Waals surface area (Å²) < 4.78 is 5.37. The van der Waals surface area contributed by atoms with Crippen molar-refractivity contribution < 1.29 is 9.53 Å². The fourth-order valence-corrected chi connectivity index (χ4v) is 2.67. The first kappa shape index (κ1) is 14.4. The molecule has 0 heterocycles. The van der Waals surface area contributed by atoms with Gasteiger partial charge in [-0.15, -0.1) is 0 Å². The van der Waals surface area contributed by atoms with E-state index in [9.17, 15) is 4.79 Å². The molecule has 0 bridgehead atoms. The molecular formula is C15H20ClNO2. The fourth-order valence-electron chi connectivity index (χ4n) is 2.54. The first-order valence-corrected chi connectivity index (χ1v) is 7.11. The van der Waals surface area contributed by atoms with Gasteiger partial charge in [-0.1, -0.05) is 43.5 Å². The van der Waals surface area contributed by atoms with Crippen molar-refractivity contribution in [3.8, 4) is 0 Å². The Morgan fingerprint density at radius 1 is 1.42 bits per heavy atom. The summed E-state index contributed by atoms with van der Waals surface area (Å²) in [5, 5.41) is 0.672. The molecule has 4 heteroatoms. The van der Waals surface area contributed by atoms with Crippen LogP contribution < -0.4 is 5.73 Å². The third-order valence-corrected chi connectivity index (χ3v) is 4.27. The van der Waals surface area contributed by atoms with Crippen molar-refractivity contribution >= 4 is 17.6 Å². The van der Waals surface area contributed by atoms with E-state index >= 15 is 0 Å². The van der Waals surface area contributed by atoms with Gasteiger partial charge in [-0.25, -0.2) is 0 Å². The van der Waals surface area contributed by atoms with Crippen molar-refractivity contribution in [2.75, 3.05) is 0 Å². The highest BCUT2D eigenvalue weighted by Gasteiger charge is 2.42. The molecule has 0 radical (unpaired) electrons. The van der Waals surface area contributed by atoms with E-state index in [2.05, 4.69) is 0 Å². The third kappa shape index (κ3) is 3.28. The normalized spacial score (nSPS) is 27.0. The number of carbonyl (C=O) groups excluding carboxylic acids is 1. The van der Waals surface area contributed by atoms with Gasteiger partial charge in [-0.3, -0.25) is 4.79 Å². The Morgan fingerprint density at radius 2 is 2.11 bits per heavy atom. The van der Waals surface area contributed by atoms with Gasteiger partial charge < -0.3 is 10.5 Å². The fraction of sp³-hybridized carbons (Fsp3) is 0.533. The number of hydrogen-bond acceptors (Lipinski definition) is 3. The molecule has 1 saturated carbocycles. The average molecular weight is 282 g/mol. The molecule has 1 aliphatic rings. The summed E-state index contributed by atoms with van der Waals surface area (Å²) in [7, 11) is 0. The summed E-state index contributed by atoms with van der Waals surface area (Å²) in [6.45, 7) is 2.28. The maximum absolute atomic E-state index is 12.2. The van der Waals surface area contributed by atoms with Gasteiger partial charge >= 0.3 is 5.97 Å². The summed E-state index contributed by atoms with van der Waals surface area (Å²) in [6, 6.07) is 7.27. The molecule has 3 nitrogen and oxygen atoms in total. The molecule has 1 fully saturated rings. The van der Waals surface area contributed by atoms with Crippen LogP contribution in [0.2, 0.25) is 5.02 Å². The molecule has 0 aromatic heterocycles. The van der Waals surface area contributed by atoms with E-state index < -0.39 is 5.54 Å². The summed E-state index contributed by atoms with van der Waals surface area (Å²) in [5.74, 6) is -0.103. The van der Waals surface area contributed by atoms with E-state index in [1.807, 2.05) is 19.1 Å². The molecule has 0 saturated heterocycles. The number of benzene rings is 1. The highest BCUT2D eigenvalue weighted by atomic mass is 35.5. The van der Waals surface area contributed by atoms with E-state index in [1.54, 1.807) is 12.1 Å². The highest BCUT2D eigenvalue weighted by Crippen LogP contribution is 2.32. The minimum absolute atomic E-state index is 0.180. The van der Waals surface area contributed by atoms with Crippen LogP contribution in [0, 0.1) is 5.92 Å². The largest absolute Gasteiger partial charge is 0.459 e. The predicted octanol–water partition coefficient (Wildman–Crippen LogP) is 3.29. The second kappa shape index (κ2) is 5.93. The van der Waals surface area contributed by atoms with Crippen molar-refractivity contribution in [3.05, 3.63) is 34.9 Å². The maximum Gasteiger partial charge on any atom is 0.326 e. The van der Waals surface area contributed by atoms with Gasteiger partial charge in [0, 0.05) is 5.02 Å². The summed E-state index contributed by atoms with van der Waals surface area (Å²) >= 11 is 5.81. The lowest BCUT2D eigenvalue weighted by atomic mass is 9.74.